The predicted octanol–water partition coefficient (Wildman–Crippen LogP) is 2.00. The van der Waals surface area contributed by atoms with Gasteiger partial charge < -0.3 is 15.4 Å². The van der Waals surface area contributed by atoms with E-state index in [0.717, 1.165) is 63.3 Å². The Hall–Kier alpha value is -2.44. The van der Waals surface area contributed by atoms with Gasteiger partial charge in [-0.05, 0) is 55.1 Å². The minimum Gasteiger partial charge on any atom is -0.497 e. The second kappa shape index (κ2) is 8.93. The van der Waals surface area contributed by atoms with Crippen LogP contribution < -0.4 is 15.4 Å². The highest BCUT2D eigenvalue weighted by Gasteiger charge is 2.45. The SMILES string of the molecule is COc1cccc(CC2(C(=O)NC3CCCN(Cc4cccnc4)C3)CNC2)c1. The van der Waals surface area contributed by atoms with E-state index in [1.54, 1.807) is 13.3 Å². The summed E-state index contributed by atoms with van der Waals surface area (Å²) in [6, 6.07) is 12.3. The molecule has 1 aromatic carbocycles. The maximum Gasteiger partial charge on any atom is 0.229 e. The van der Waals surface area contributed by atoms with Gasteiger partial charge in [0.25, 0.3) is 0 Å². The number of aromatic nitrogens is 1. The quantitative estimate of drug-likeness (QED) is 0.752. The average Bonchev–Trinajstić information content (AvgIpc) is 2.72. The summed E-state index contributed by atoms with van der Waals surface area (Å²) in [5.41, 5.74) is 2.00. The molecular weight excluding hydrogens is 364 g/mol. The number of carbonyl (C=O) groups is 1. The Balaban J connectivity index is 1.36. The molecule has 154 valence electrons. The Kier molecular flexibility index (Phi) is 6.11. The van der Waals surface area contributed by atoms with E-state index in [1.807, 2.05) is 30.5 Å². The molecule has 0 aliphatic carbocycles. The zero-order valence-corrected chi connectivity index (χ0v) is 17.1. The van der Waals surface area contributed by atoms with Crippen LogP contribution in [0.2, 0.25) is 0 Å². The van der Waals surface area contributed by atoms with Crippen molar-refractivity contribution < 1.29 is 9.53 Å². The Labute approximate surface area is 172 Å². The molecule has 1 aromatic heterocycles. The molecule has 0 bridgehead atoms. The number of nitrogens with zero attached hydrogens (tertiary/aromatic N) is 2. The van der Waals surface area contributed by atoms with Crippen molar-refractivity contribution in [2.45, 2.75) is 31.8 Å². The highest BCUT2D eigenvalue weighted by molar-refractivity contribution is 5.85. The molecule has 3 heterocycles. The largest absolute Gasteiger partial charge is 0.497 e. The van der Waals surface area contributed by atoms with E-state index in [-0.39, 0.29) is 17.4 Å². The van der Waals surface area contributed by atoms with Gasteiger partial charge in [0, 0.05) is 44.6 Å². The molecule has 2 saturated heterocycles. The number of methoxy groups -OCH3 is 1. The molecule has 2 aromatic rings. The van der Waals surface area contributed by atoms with Crippen molar-refractivity contribution in [1.29, 1.82) is 0 Å². The van der Waals surface area contributed by atoms with Crippen LogP contribution in [0.4, 0.5) is 0 Å². The van der Waals surface area contributed by atoms with Crippen LogP contribution in [-0.4, -0.2) is 55.1 Å². The molecule has 4 rings (SSSR count). The van der Waals surface area contributed by atoms with Crippen molar-refractivity contribution in [3.8, 4) is 5.75 Å². The molecule has 6 nitrogen and oxygen atoms in total. The minimum atomic E-state index is -0.363. The number of carbonyl (C=O) groups excluding carboxylic acids is 1. The van der Waals surface area contributed by atoms with Gasteiger partial charge in [-0.2, -0.15) is 0 Å². The van der Waals surface area contributed by atoms with E-state index < -0.39 is 0 Å². The smallest absolute Gasteiger partial charge is 0.229 e. The van der Waals surface area contributed by atoms with E-state index in [9.17, 15) is 4.79 Å². The zero-order chi connectivity index (χ0) is 20.1. The van der Waals surface area contributed by atoms with Crippen LogP contribution in [0.5, 0.6) is 5.75 Å². The molecular formula is C23H30N4O2. The first kappa shape index (κ1) is 19.9. The molecule has 29 heavy (non-hydrogen) atoms. The van der Waals surface area contributed by atoms with Gasteiger partial charge in [-0.3, -0.25) is 14.7 Å². The lowest BCUT2D eigenvalue weighted by Gasteiger charge is -2.43. The van der Waals surface area contributed by atoms with E-state index in [0.29, 0.717) is 0 Å². The zero-order valence-electron chi connectivity index (χ0n) is 17.1. The molecule has 0 spiro atoms. The number of amides is 1. The number of benzene rings is 1. The van der Waals surface area contributed by atoms with Crippen LogP contribution in [-0.2, 0) is 17.8 Å². The fourth-order valence-corrected chi connectivity index (χ4v) is 4.37. The minimum absolute atomic E-state index is 0.173. The first-order valence-electron chi connectivity index (χ1n) is 10.4. The Morgan fingerprint density at radius 3 is 2.90 bits per heavy atom. The number of pyridine rings is 1. The van der Waals surface area contributed by atoms with E-state index in [1.165, 1.54) is 5.56 Å². The lowest BCUT2D eigenvalue weighted by molar-refractivity contribution is -0.135. The molecule has 6 heteroatoms. The molecule has 2 aliphatic heterocycles. The van der Waals surface area contributed by atoms with Crippen LogP contribution in [0.25, 0.3) is 0 Å². The van der Waals surface area contributed by atoms with Crippen LogP contribution in [0.15, 0.2) is 48.8 Å². The Morgan fingerprint density at radius 1 is 1.31 bits per heavy atom. The molecule has 1 amide bonds. The lowest BCUT2D eigenvalue weighted by atomic mass is 9.75. The summed E-state index contributed by atoms with van der Waals surface area (Å²) in [6.07, 6.45) is 6.60. The summed E-state index contributed by atoms with van der Waals surface area (Å²) in [6.45, 7) is 4.29. The Morgan fingerprint density at radius 2 is 2.17 bits per heavy atom. The maximum absolute atomic E-state index is 13.2. The third kappa shape index (κ3) is 4.77. The molecule has 0 saturated carbocycles. The molecule has 2 aliphatic rings. The van der Waals surface area contributed by atoms with Crippen molar-refractivity contribution in [2.75, 3.05) is 33.3 Å². The Bertz CT molecular complexity index is 823. The summed E-state index contributed by atoms with van der Waals surface area (Å²) in [5.74, 6) is 1.01. The molecule has 2 N–H and O–H groups in total. The van der Waals surface area contributed by atoms with Gasteiger partial charge in [0.05, 0.1) is 12.5 Å². The van der Waals surface area contributed by atoms with E-state index in [4.69, 9.17) is 4.74 Å². The number of piperidine rings is 1. The predicted molar refractivity (Wildman–Crippen MR) is 113 cm³/mol. The number of likely N-dealkylation sites (tertiary alicyclic amines) is 1. The highest BCUT2D eigenvalue weighted by Crippen LogP contribution is 2.30. The molecule has 1 unspecified atom stereocenters. The first-order chi connectivity index (χ1) is 14.2. The topological polar surface area (TPSA) is 66.5 Å². The van der Waals surface area contributed by atoms with Gasteiger partial charge in [0.15, 0.2) is 0 Å². The van der Waals surface area contributed by atoms with Crippen molar-refractivity contribution in [1.82, 2.24) is 20.5 Å². The molecule has 0 radical (unpaired) electrons. The second-order valence-electron chi connectivity index (χ2n) is 8.32. The van der Waals surface area contributed by atoms with Gasteiger partial charge in [-0.1, -0.05) is 18.2 Å². The molecule has 1 atom stereocenters. The van der Waals surface area contributed by atoms with Crippen LogP contribution >= 0.6 is 0 Å². The summed E-state index contributed by atoms with van der Waals surface area (Å²) in [5, 5.41) is 6.66. The standard InChI is InChI=1S/C23H30N4O2/c1-29-21-8-2-5-18(11-21)12-23(16-25-17-23)22(28)26-20-7-4-10-27(15-20)14-19-6-3-9-24-13-19/h2-3,5-6,8-9,11,13,20,25H,4,7,10,12,14-17H2,1H3,(H,26,28). The van der Waals surface area contributed by atoms with Crippen molar-refractivity contribution in [2.24, 2.45) is 5.41 Å². The van der Waals surface area contributed by atoms with Crippen molar-refractivity contribution >= 4 is 5.91 Å². The van der Waals surface area contributed by atoms with Crippen LogP contribution in [0.1, 0.15) is 24.0 Å². The van der Waals surface area contributed by atoms with Gasteiger partial charge in [-0.25, -0.2) is 0 Å². The number of ether oxygens (including phenoxy) is 1. The normalized spacial score (nSPS) is 21.2. The summed E-state index contributed by atoms with van der Waals surface area (Å²) >= 11 is 0. The van der Waals surface area contributed by atoms with Crippen molar-refractivity contribution in [3.63, 3.8) is 0 Å². The first-order valence-corrected chi connectivity index (χ1v) is 10.4. The van der Waals surface area contributed by atoms with Crippen molar-refractivity contribution in [3.05, 3.63) is 59.9 Å². The summed E-state index contributed by atoms with van der Waals surface area (Å²) in [7, 11) is 1.67. The van der Waals surface area contributed by atoms with Crippen LogP contribution in [0.3, 0.4) is 0 Å². The average molecular weight is 395 g/mol. The van der Waals surface area contributed by atoms with Gasteiger partial charge in [0.2, 0.25) is 5.91 Å². The monoisotopic (exact) mass is 394 g/mol. The van der Waals surface area contributed by atoms with Crippen LogP contribution in [0, 0.1) is 5.41 Å². The lowest BCUT2D eigenvalue weighted by Crippen LogP contribution is -2.64. The molecule has 2 fully saturated rings. The third-order valence-corrected chi connectivity index (χ3v) is 6.05. The van der Waals surface area contributed by atoms with Gasteiger partial charge in [-0.15, -0.1) is 0 Å². The van der Waals surface area contributed by atoms with E-state index in [2.05, 4.69) is 32.7 Å². The number of nitrogens with one attached hydrogen (secondary N) is 2. The summed E-state index contributed by atoms with van der Waals surface area (Å²) < 4.78 is 5.34. The van der Waals surface area contributed by atoms with Gasteiger partial charge >= 0.3 is 0 Å². The maximum atomic E-state index is 13.2. The number of hydrogen-bond acceptors (Lipinski definition) is 5. The number of rotatable bonds is 7. The third-order valence-electron chi connectivity index (χ3n) is 6.05. The van der Waals surface area contributed by atoms with Gasteiger partial charge in [0.1, 0.15) is 5.75 Å². The number of hydrogen-bond donors (Lipinski definition) is 2. The van der Waals surface area contributed by atoms with E-state index >= 15 is 0 Å². The fourth-order valence-electron chi connectivity index (χ4n) is 4.37. The second-order valence-corrected chi connectivity index (χ2v) is 8.32. The fraction of sp³-hybridized carbons (Fsp3) is 0.478. The summed E-state index contributed by atoms with van der Waals surface area (Å²) in [4.78, 5) is 19.9. The highest BCUT2D eigenvalue weighted by atomic mass is 16.5.